The number of nitrogens with one attached hydrogen (secondary N) is 3. The quantitative estimate of drug-likeness (QED) is 0.264. The molecule has 11 heteroatoms. The van der Waals surface area contributed by atoms with Crippen LogP contribution in [0.25, 0.3) is 27.5 Å². The minimum Gasteiger partial charge on any atom is -0.382 e. The molecule has 3 N–H and O–H groups in total. The van der Waals surface area contributed by atoms with Gasteiger partial charge >= 0.3 is 0 Å². The Kier molecular flexibility index (Phi) is 7.95. The monoisotopic (exact) mass is 609 g/mol. The van der Waals surface area contributed by atoms with E-state index in [0.717, 1.165) is 95.7 Å². The second kappa shape index (κ2) is 12.2. The first-order valence-electron chi connectivity index (χ1n) is 15.7. The number of piperidine rings is 2. The lowest BCUT2D eigenvalue weighted by Gasteiger charge is -2.38. The first kappa shape index (κ1) is 28.7. The highest BCUT2D eigenvalue weighted by Crippen LogP contribution is 2.41. The standard InChI is InChI=1S/C33H39N9OS/c1-4-5-21-14-25-8-9-29(42(25)36-16-21)28-15-27(37-20(2)3)26(17-35-28)32-39-40-33(44-32)41-18-23-6-7-24(19-41)30(23)38-31(43)22-10-12-34-13-11-22/h8-9,14-17,20,22-24,30,34H,6-7,10-13,18-19H2,1-3H3,(H,35,37)(H,38,43)/t23-,24?,30?/m0/s1. The summed E-state index contributed by atoms with van der Waals surface area (Å²) in [5, 5.41) is 26.1. The number of anilines is 2. The van der Waals surface area contributed by atoms with Crippen molar-refractivity contribution in [1.29, 1.82) is 0 Å². The molecule has 2 bridgehead atoms. The first-order chi connectivity index (χ1) is 21.5. The van der Waals surface area contributed by atoms with E-state index in [9.17, 15) is 4.79 Å². The summed E-state index contributed by atoms with van der Waals surface area (Å²) in [5.41, 5.74) is 5.51. The van der Waals surface area contributed by atoms with Crippen LogP contribution in [0.4, 0.5) is 10.8 Å². The Bertz CT molecular complexity index is 1710. The van der Waals surface area contributed by atoms with Crippen molar-refractivity contribution < 1.29 is 4.79 Å². The minimum absolute atomic E-state index is 0.147. The number of aromatic nitrogens is 5. The summed E-state index contributed by atoms with van der Waals surface area (Å²) >= 11 is 1.61. The second-order valence-corrected chi connectivity index (χ2v) is 13.5. The third-order valence-corrected chi connectivity index (χ3v) is 10.2. The summed E-state index contributed by atoms with van der Waals surface area (Å²) in [5.74, 6) is 7.30. The summed E-state index contributed by atoms with van der Waals surface area (Å²) in [7, 11) is 0. The summed E-state index contributed by atoms with van der Waals surface area (Å²) in [6, 6.07) is 8.70. The van der Waals surface area contributed by atoms with E-state index < -0.39 is 0 Å². The minimum atomic E-state index is 0.147. The Morgan fingerprint density at radius 2 is 1.86 bits per heavy atom. The number of carbonyl (C=O) groups excluding carboxylic acids is 1. The van der Waals surface area contributed by atoms with Gasteiger partial charge < -0.3 is 20.9 Å². The van der Waals surface area contributed by atoms with Gasteiger partial charge in [0.05, 0.1) is 28.7 Å². The maximum absolute atomic E-state index is 13.0. The molecule has 2 unspecified atom stereocenters. The number of hydrogen-bond acceptors (Lipinski definition) is 9. The van der Waals surface area contributed by atoms with Crippen molar-refractivity contribution in [3.63, 3.8) is 0 Å². The molecular weight excluding hydrogens is 570 g/mol. The Morgan fingerprint density at radius 1 is 1.07 bits per heavy atom. The van der Waals surface area contributed by atoms with Crippen LogP contribution < -0.4 is 20.9 Å². The lowest BCUT2D eigenvalue weighted by molar-refractivity contribution is -0.127. The highest BCUT2D eigenvalue weighted by atomic mass is 32.1. The van der Waals surface area contributed by atoms with E-state index in [-0.39, 0.29) is 23.9 Å². The van der Waals surface area contributed by atoms with Crippen molar-refractivity contribution in [2.75, 3.05) is 36.4 Å². The second-order valence-electron chi connectivity index (χ2n) is 12.5. The predicted octanol–water partition coefficient (Wildman–Crippen LogP) is 4.44. The molecule has 4 aromatic heterocycles. The van der Waals surface area contributed by atoms with E-state index in [1.807, 2.05) is 35.8 Å². The summed E-state index contributed by atoms with van der Waals surface area (Å²) in [4.78, 5) is 20.2. The molecule has 2 aliphatic heterocycles. The zero-order valence-corrected chi connectivity index (χ0v) is 26.3. The molecule has 1 aliphatic carbocycles. The zero-order valence-electron chi connectivity index (χ0n) is 25.5. The Morgan fingerprint density at radius 3 is 2.61 bits per heavy atom. The van der Waals surface area contributed by atoms with E-state index in [1.54, 1.807) is 17.5 Å². The molecule has 10 nitrogen and oxygen atoms in total. The zero-order chi connectivity index (χ0) is 30.2. The van der Waals surface area contributed by atoms with Crippen molar-refractivity contribution in [3.05, 3.63) is 42.2 Å². The first-order valence-corrected chi connectivity index (χ1v) is 16.6. The molecular formula is C33H39N9OS. The van der Waals surface area contributed by atoms with E-state index in [4.69, 9.17) is 4.98 Å². The van der Waals surface area contributed by atoms with Gasteiger partial charge in [0.15, 0.2) is 5.01 Å². The molecule has 6 heterocycles. The lowest BCUT2D eigenvalue weighted by atomic mass is 9.90. The van der Waals surface area contributed by atoms with Crippen LogP contribution in [0.5, 0.6) is 0 Å². The number of carbonyl (C=O) groups is 1. The summed E-state index contributed by atoms with van der Waals surface area (Å²) in [6.07, 6.45) is 7.85. The third kappa shape index (κ3) is 5.64. The van der Waals surface area contributed by atoms with Crippen molar-refractivity contribution in [3.8, 4) is 33.8 Å². The van der Waals surface area contributed by atoms with Crippen molar-refractivity contribution >= 4 is 33.6 Å². The maximum Gasteiger partial charge on any atom is 0.223 e. The van der Waals surface area contributed by atoms with E-state index in [2.05, 4.69) is 67.9 Å². The third-order valence-electron chi connectivity index (χ3n) is 9.15. The Balaban J connectivity index is 1.10. The number of fused-ring (bicyclic) bond motifs is 3. The number of pyridine rings is 1. The molecule has 0 aromatic carbocycles. The molecule has 2 saturated heterocycles. The molecule has 1 saturated carbocycles. The van der Waals surface area contributed by atoms with Crippen LogP contribution in [0.3, 0.4) is 0 Å². The van der Waals surface area contributed by atoms with Gasteiger partial charge in [-0.2, -0.15) is 5.10 Å². The van der Waals surface area contributed by atoms with Crippen molar-refractivity contribution in [2.45, 2.75) is 58.5 Å². The van der Waals surface area contributed by atoms with Gasteiger partial charge in [0.2, 0.25) is 11.0 Å². The van der Waals surface area contributed by atoms with Crippen molar-refractivity contribution in [1.82, 2.24) is 35.4 Å². The van der Waals surface area contributed by atoms with Crippen LogP contribution in [0.1, 0.15) is 52.0 Å². The SMILES string of the molecule is CC#Cc1cnn2c(-c3cc(NC(C)C)c(-c4nnc(N5CC6CC[C@@H](C5)C6NC(=O)C5CCNCC5)s4)cn3)ccc2c1. The van der Waals surface area contributed by atoms with Crippen LogP contribution in [0.2, 0.25) is 0 Å². The van der Waals surface area contributed by atoms with Crippen LogP contribution in [-0.4, -0.2) is 69.0 Å². The van der Waals surface area contributed by atoms with Crippen molar-refractivity contribution in [2.24, 2.45) is 17.8 Å². The van der Waals surface area contributed by atoms with Gasteiger partial charge in [-0.05, 0) is 95.6 Å². The van der Waals surface area contributed by atoms with Gasteiger partial charge in [0.25, 0.3) is 0 Å². The maximum atomic E-state index is 13.0. The molecule has 1 amide bonds. The lowest BCUT2D eigenvalue weighted by Crippen LogP contribution is -2.54. The molecule has 4 aromatic rings. The smallest absolute Gasteiger partial charge is 0.223 e. The Hall–Kier alpha value is -4.01. The molecule has 3 atom stereocenters. The fourth-order valence-corrected chi connectivity index (χ4v) is 7.92. The molecule has 3 fully saturated rings. The Labute approximate surface area is 262 Å². The average Bonchev–Trinajstić information content (AvgIpc) is 3.73. The normalized spacial score (nSPS) is 21.8. The van der Waals surface area contributed by atoms with E-state index in [1.165, 1.54) is 0 Å². The fourth-order valence-electron chi connectivity index (χ4n) is 7.03. The highest BCUT2D eigenvalue weighted by molar-refractivity contribution is 7.18. The van der Waals surface area contributed by atoms with Gasteiger partial charge in [0.1, 0.15) is 0 Å². The summed E-state index contributed by atoms with van der Waals surface area (Å²) < 4.78 is 1.90. The average molecular weight is 610 g/mol. The van der Waals surface area contributed by atoms with Crippen LogP contribution >= 0.6 is 11.3 Å². The van der Waals surface area contributed by atoms with Gasteiger partial charge in [-0.1, -0.05) is 17.3 Å². The van der Waals surface area contributed by atoms with Gasteiger partial charge in [0, 0.05) is 48.5 Å². The molecule has 7 rings (SSSR count). The van der Waals surface area contributed by atoms with Gasteiger partial charge in [-0.3, -0.25) is 9.78 Å². The largest absolute Gasteiger partial charge is 0.382 e. The van der Waals surface area contributed by atoms with E-state index in [0.29, 0.717) is 11.8 Å². The topological polar surface area (TPSA) is 112 Å². The van der Waals surface area contributed by atoms with Gasteiger partial charge in [-0.25, -0.2) is 4.52 Å². The molecule has 3 aliphatic rings. The molecule has 0 radical (unpaired) electrons. The predicted molar refractivity (Wildman–Crippen MR) is 175 cm³/mol. The fraction of sp³-hybridized carbons (Fsp3) is 0.485. The van der Waals surface area contributed by atoms with Crippen LogP contribution in [0, 0.1) is 29.6 Å². The van der Waals surface area contributed by atoms with Crippen LogP contribution in [-0.2, 0) is 4.79 Å². The summed E-state index contributed by atoms with van der Waals surface area (Å²) in [6.45, 7) is 9.76. The number of hydrogen-bond donors (Lipinski definition) is 3. The molecule has 228 valence electrons. The molecule has 0 spiro atoms. The van der Waals surface area contributed by atoms with E-state index >= 15 is 0 Å². The number of nitrogens with zero attached hydrogens (tertiary/aromatic N) is 6. The number of amides is 1. The van der Waals surface area contributed by atoms with Gasteiger partial charge in [-0.15, -0.1) is 16.1 Å². The van der Waals surface area contributed by atoms with Crippen LogP contribution in [0.15, 0.2) is 36.7 Å². The number of rotatable bonds is 7. The molecule has 44 heavy (non-hydrogen) atoms. The highest BCUT2D eigenvalue weighted by Gasteiger charge is 2.44.